The van der Waals surface area contributed by atoms with E-state index in [1.807, 2.05) is 10.7 Å². The number of amides is 1. The highest BCUT2D eigenvalue weighted by Gasteiger charge is 2.23. The van der Waals surface area contributed by atoms with E-state index in [-0.39, 0.29) is 12.0 Å². The molecule has 0 spiro atoms. The lowest BCUT2D eigenvalue weighted by Crippen LogP contribution is -2.39. The molecule has 1 atom stereocenters. The van der Waals surface area contributed by atoms with Gasteiger partial charge in [-0.25, -0.2) is 0 Å². The van der Waals surface area contributed by atoms with Crippen molar-refractivity contribution in [1.29, 1.82) is 0 Å². The third-order valence-corrected chi connectivity index (χ3v) is 4.17. The first kappa shape index (κ1) is 15.5. The number of nitrogens with one attached hydrogen (secondary N) is 1. The number of hydrogen-bond donors (Lipinski definition) is 1. The van der Waals surface area contributed by atoms with Gasteiger partial charge in [0.15, 0.2) is 0 Å². The molecule has 7 nitrogen and oxygen atoms in total. The van der Waals surface area contributed by atoms with Crippen molar-refractivity contribution in [2.24, 2.45) is 0 Å². The molecule has 0 saturated carbocycles. The Labute approximate surface area is 130 Å². The lowest BCUT2D eigenvalue weighted by atomic mass is 10.2. The molecule has 0 aliphatic carbocycles. The second-order valence-electron chi connectivity index (χ2n) is 6.09. The zero-order valence-corrected chi connectivity index (χ0v) is 13.2. The van der Waals surface area contributed by atoms with Gasteiger partial charge in [0.05, 0.1) is 38.2 Å². The molecule has 2 aliphatic rings. The van der Waals surface area contributed by atoms with Crippen LogP contribution in [-0.2, 0) is 22.6 Å². The zero-order valence-electron chi connectivity index (χ0n) is 13.2. The average molecular weight is 308 g/mol. The van der Waals surface area contributed by atoms with Crippen LogP contribution in [0.5, 0.6) is 0 Å². The molecule has 1 unspecified atom stereocenters. The first-order valence-electron chi connectivity index (χ1n) is 7.92. The van der Waals surface area contributed by atoms with E-state index in [0.29, 0.717) is 38.1 Å². The van der Waals surface area contributed by atoms with Gasteiger partial charge in [-0.05, 0) is 19.9 Å². The molecule has 0 aromatic carbocycles. The Bertz CT molecular complexity index is 523. The quantitative estimate of drug-likeness (QED) is 0.864. The fourth-order valence-electron chi connectivity index (χ4n) is 2.79. The van der Waals surface area contributed by atoms with E-state index in [1.165, 1.54) is 0 Å². The van der Waals surface area contributed by atoms with E-state index in [2.05, 4.69) is 29.2 Å². The summed E-state index contributed by atoms with van der Waals surface area (Å²) in [6.45, 7) is 9.23. The van der Waals surface area contributed by atoms with E-state index in [0.717, 1.165) is 25.3 Å². The molecule has 1 fully saturated rings. The number of hydrogen-bond acceptors (Lipinski definition) is 5. The minimum Gasteiger partial charge on any atom is -0.376 e. The molecule has 1 aromatic rings. The fraction of sp³-hybridized carbons (Fsp3) is 0.733. The van der Waals surface area contributed by atoms with Gasteiger partial charge in [0.25, 0.3) is 5.91 Å². The molecule has 22 heavy (non-hydrogen) atoms. The number of aromatic nitrogens is 2. The van der Waals surface area contributed by atoms with E-state index in [9.17, 15) is 4.79 Å². The standard InChI is InChI=1S/C15H24N4O3/c1-11(2)18-3-4-19-12(9-18)7-14(17-19)15(20)16-8-13-10-21-5-6-22-13/h7,11,13H,3-6,8-10H2,1-2H3,(H,16,20). The summed E-state index contributed by atoms with van der Waals surface area (Å²) in [4.78, 5) is 14.6. The van der Waals surface area contributed by atoms with Crippen LogP contribution in [0.3, 0.4) is 0 Å². The number of rotatable bonds is 4. The Balaban J connectivity index is 1.57. The van der Waals surface area contributed by atoms with Crippen molar-refractivity contribution in [1.82, 2.24) is 20.0 Å². The predicted molar refractivity (Wildman–Crippen MR) is 80.7 cm³/mol. The molecule has 0 bridgehead atoms. The smallest absolute Gasteiger partial charge is 0.271 e. The molecule has 1 N–H and O–H groups in total. The summed E-state index contributed by atoms with van der Waals surface area (Å²) in [7, 11) is 0. The topological polar surface area (TPSA) is 68.6 Å². The second kappa shape index (κ2) is 6.76. The SMILES string of the molecule is CC(C)N1CCn2nc(C(=O)NCC3COCCO3)cc2C1. The Morgan fingerprint density at radius 2 is 2.32 bits per heavy atom. The van der Waals surface area contributed by atoms with E-state index < -0.39 is 0 Å². The van der Waals surface area contributed by atoms with Crippen LogP contribution in [0.1, 0.15) is 30.0 Å². The Morgan fingerprint density at radius 3 is 3.05 bits per heavy atom. The van der Waals surface area contributed by atoms with Crippen LogP contribution >= 0.6 is 0 Å². The molecule has 1 amide bonds. The second-order valence-corrected chi connectivity index (χ2v) is 6.09. The van der Waals surface area contributed by atoms with Crippen LogP contribution in [-0.4, -0.2) is 65.6 Å². The lowest BCUT2D eigenvalue weighted by molar-refractivity contribution is -0.0855. The van der Waals surface area contributed by atoms with Gasteiger partial charge >= 0.3 is 0 Å². The summed E-state index contributed by atoms with van der Waals surface area (Å²) in [5, 5.41) is 7.29. The summed E-state index contributed by atoms with van der Waals surface area (Å²) < 4.78 is 12.8. The van der Waals surface area contributed by atoms with Crippen molar-refractivity contribution in [3.05, 3.63) is 17.5 Å². The van der Waals surface area contributed by atoms with Crippen molar-refractivity contribution in [2.75, 3.05) is 32.9 Å². The zero-order chi connectivity index (χ0) is 15.5. The van der Waals surface area contributed by atoms with E-state index in [1.54, 1.807) is 0 Å². The molecule has 122 valence electrons. The molecule has 0 radical (unpaired) electrons. The summed E-state index contributed by atoms with van der Waals surface area (Å²) >= 11 is 0. The maximum Gasteiger partial charge on any atom is 0.271 e. The maximum absolute atomic E-state index is 12.2. The maximum atomic E-state index is 12.2. The van der Waals surface area contributed by atoms with Crippen LogP contribution in [0.25, 0.3) is 0 Å². The van der Waals surface area contributed by atoms with Crippen LogP contribution in [0, 0.1) is 0 Å². The summed E-state index contributed by atoms with van der Waals surface area (Å²) in [6.07, 6.45) is -0.0635. The third kappa shape index (κ3) is 3.48. The normalized spacial score (nSPS) is 22.6. The average Bonchev–Trinajstić information content (AvgIpc) is 2.96. The minimum absolute atomic E-state index is 0.0635. The van der Waals surface area contributed by atoms with Crippen LogP contribution in [0.4, 0.5) is 0 Å². The first-order chi connectivity index (χ1) is 10.6. The highest BCUT2D eigenvalue weighted by atomic mass is 16.6. The number of carbonyl (C=O) groups excluding carboxylic acids is 1. The predicted octanol–water partition coefficient (Wildman–Crippen LogP) is 0.252. The van der Waals surface area contributed by atoms with Crippen LogP contribution < -0.4 is 5.32 Å². The molecule has 1 saturated heterocycles. The van der Waals surface area contributed by atoms with Gasteiger partial charge in [0, 0.05) is 25.7 Å². The number of nitrogens with zero attached hydrogens (tertiary/aromatic N) is 3. The van der Waals surface area contributed by atoms with Crippen molar-refractivity contribution in [2.45, 2.75) is 39.1 Å². The molecule has 7 heteroatoms. The number of ether oxygens (including phenoxy) is 2. The number of carbonyl (C=O) groups is 1. The molecular formula is C15H24N4O3. The Morgan fingerprint density at radius 1 is 1.45 bits per heavy atom. The third-order valence-electron chi connectivity index (χ3n) is 4.17. The van der Waals surface area contributed by atoms with E-state index in [4.69, 9.17) is 9.47 Å². The van der Waals surface area contributed by atoms with Crippen molar-refractivity contribution >= 4 is 5.91 Å². The summed E-state index contributed by atoms with van der Waals surface area (Å²) in [5.41, 5.74) is 1.58. The van der Waals surface area contributed by atoms with Crippen molar-refractivity contribution in [3.8, 4) is 0 Å². The first-order valence-corrected chi connectivity index (χ1v) is 7.92. The number of fused-ring (bicyclic) bond motifs is 1. The highest BCUT2D eigenvalue weighted by Crippen LogP contribution is 2.15. The van der Waals surface area contributed by atoms with Gasteiger partial charge in [0.2, 0.25) is 0 Å². The van der Waals surface area contributed by atoms with Crippen LogP contribution in [0.2, 0.25) is 0 Å². The van der Waals surface area contributed by atoms with E-state index >= 15 is 0 Å². The molecular weight excluding hydrogens is 284 g/mol. The van der Waals surface area contributed by atoms with Crippen LogP contribution in [0.15, 0.2) is 6.07 Å². The van der Waals surface area contributed by atoms with Gasteiger partial charge in [-0.2, -0.15) is 5.10 Å². The van der Waals surface area contributed by atoms with Gasteiger partial charge < -0.3 is 14.8 Å². The largest absolute Gasteiger partial charge is 0.376 e. The van der Waals surface area contributed by atoms with Crippen molar-refractivity contribution < 1.29 is 14.3 Å². The molecule has 3 rings (SSSR count). The summed E-state index contributed by atoms with van der Waals surface area (Å²) in [6, 6.07) is 2.40. The summed E-state index contributed by atoms with van der Waals surface area (Å²) in [5.74, 6) is -0.146. The molecule has 3 heterocycles. The van der Waals surface area contributed by atoms with Crippen molar-refractivity contribution in [3.63, 3.8) is 0 Å². The Hall–Kier alpha value is -1.44. The fourth-order valence-corrected chi connectivity index (χ4v) is 2.79. The van der Waals surface area contributed by atoms with Gasteiger partial charge in [-0.3, -0.25) is 14.4 Å². The van der Waals surface area contributed by atoms with Gasteiger partial charge in [-0.15, -0.1) is 0 Å². The van der Waals surface area contributed by atoms with Gasteiger partial charge in [0.1, 0.15) is 5.69 Å². The van der Waals surface area contributed by atoms with Gasteiger partial charge in [-0.1, -0.05) is 0 Å². The molecule has 1 aromatic heterocycles. The minimum atomic E-state index is -0.146. The molecule has 2 aliphatic heterocycles. The Kier molecular flexibility index (Phi) is 4.75. The highest BCUT2D eigenvalue weighted by molar-refractivity contribution is 5.92. The lowest BCUT2D eigenvalue weighted by Gasteiger charge is -2.30. The monoisotopic (exact) mass is 308 g/mol.